The fourth-order valence-corrected chi connectivity index (χ4v) is 2.06. The second-order valence-corrected chi connectivity index (χ2v) is 7.12. The summed E-state index contributed by atoms with van der Waals surface area (Å²) in [4.78, 5) is 35.2. The molecule has 0 aromatic rings. The van der Waals surface area contributed by atoms with Crippen LogP contribution in [0.25, 0.3) is 0 Å². The van der Waals surface area contributed by atoms with Crippen molar-refractivity contribution in [3.8, 4) is 0 Å². The van der Waals surface area contributed by atoms with Gasteiger partial charge >= 0.3 is 0 Å². The Bertz CT molecular complexity index is 502. The molecule has 0 spiro atoms. The van der Waals surface area contributed by atoms with Crippen molar-refractivity contribution < 1.29 is 24.6 Å². The third-order valence-electron chi connectivity index (χ3n) is 4.15. The first-order valence-corrected chi connectivity index (χ1v) is 8.76. The zero-order chi connectivity index (χ0) is 19.1. The smallest absolute Gasteiger partial charge is 0.187 e. The van der Waals surface area contributed by atoms with Crippen molar-refractivity contribution in [3.05, 3.63) is 11.3 Å². The lowest BCUT2D eigenvalue weighted by Crippen LogP contribution is -2.39. The van der Waals surface area contributed by atoms with E-state index in [9.17, 15) is 24.6 Å². The van der Waals surface area contributed by atoms with Gasteiger partial charge in [-0.3, -0.25) is 14.4 Å². The molecule has 0 radical (unpaired) electrons. The average molecular weight is 340 g/mol. The normalized spacial score (nSPS) is 20.5. The Morgan fingerprint density at radius 2 is 1.62 bits per heavy atom. The number of carbonyl (C=O) groups is 3. The van der Waals surface area contributed by atoms with Gasteiger partial charge in [-0.15, -0.1) is 0 Å². The molecule has 2 N–H and O–H groups in total. The molecule has 1 aliphatic carbocycles. The largest absolute Gasteiger partial charge is 0.508 e. The van der Waals surface area contributed by atoms with Gasteiger partial charge in [-0.1, -0.05) is 48.0 Å². The topological polar surface area (TPSA) is 91.7 Å². The lowest BCUT2D eigenvalue weighted by molar-refractivity contribution is -0.138. The van der Waals surface area contributed by atoms with Crippen molar-refractivity contribution in [2.45, 2.75) is 79.2 Å². The van der Waals surface area contributed by atoms with E-state index in [4.69, 9.17) is 0 Å². The summed E-state index contributed by atoms with van der Waals surface area (Å²) >= 11 is 0. The number of hydrogen-bond donors (Lipinski definition) is 2. The van der Waals surface area contributed by atoms with Gasteiger partial charge in [0.05, 0.1) is 6.42 Å². The van der Waals surface area contributed by atoms with Crippen LogP contribution in [-0.2, 0) is 14.4 Å². The summed E-state index contributed by atoms with van der Waals surface area (Å²) in [5.41, 5.74) is -2.62. The van der Waals surface area contributed by atoms with E-state index in [1.54, 1.807) is 6.92 Å². The molecule has 24 heavy (non-hydrogen) atoms. The van der Waals surface area contributed by atoms with Crippen molar-refractivity contribution in [3.63, 3.8) is 0 Å². The molecule has 0 aromatic heterocycles. The second kappa shape index (κ2) is 9.72. The maximum atomic E-state index is 12.0. The Labute approximate surface area is 145 Å². The van der Waals surface area contributed by atoms with Crippen LogP contribution >= 0.6 is 0 Å². The first-order valence-electron chi connectivity index (χ1n) is 8.76. The van der Waals surface area contributed by atoms with Crippen molar-refractivity contribution in [1.82, 2.24) is 0 Å². The maximum Gasteiger partial charge on any atom is 0.187 e. The molecule has 0 bridgehead atoms. The van der Waals surface area contributed by atoms with E-state index >= 15 is 0 Å². The van der Waals surface area contributed by atoms with Crippen molar-refractivity contribution >= 4 is 17.3 Å². The number of carbonyl (C=O) groups excluding carboxylic acids is 3. The predicted octanol–water partition coefficient (Wildman–Crippen LogP) is 3.54. The second-order valence-electron chi connectivity index (χ2n) is 7.12. The van der Waals surface area contributed by atoms with Gasteiger partial charge in [0.2, 0.25) is 0 Å². The van der Waals surface area contributed by atoms with E-state index in [2.05, 4.69) is 20.8 Å². The van der Waals surface area contributed by atoms with Gasteiger partial charge in [-0.25, -0.2) is 0 Å². The van der Waals surface area contributed by atoms with Crippen LogP contribution in [0.15, 0.2) is 11.3 Å². The highest BCUT2D eigenvalue weighted by Gasteiger charge is 2.51. The van der Waals surface area contributed by atoms with Crippen molar-refractivity contribution in [2.24, 2.45) is 11.8 Å². The Balaban J connectivity index is 0.000000922. The van der Waals surface area contributed by atoms with Crippen molar-refractivity contribution in [1.29, 1.82) is 0 Å². The highest BCUT2D eigenvalue weighted by molar-refractivity contribution is 6.24. The van der Waals surface area contributed by atoms with E-state index in [0.717, 1.165) is 5.92 Å². The number of Topliss-reactive ketones (excluding diaryl/α,β-unsaturated/α-hetero) is 3. The van der Waals surface area contributed by atoms with Gasteiger partial charge in [0.15, 0.2) is 23.0 Å². The minimum absolute atomic E-state index is 0.0431. The molecule has 0 fully saturated rings. The molecule has 0 saturated carbocycles. The molecule has 0 aliphatic heterocycles. The highest BCUT2D eigenvalue weighted by Crippen LogP contribution is 2.34. The molecule has 0 saturated heterocycles. The minimum Gasteiger partial charge on any atom is -0.508 e. The number of ketones is 3. The van der Waals surface area contributed by atoms with Crippen LogP contribution in [0.4, 0.5) is 0 Å². The molecular weight excluding hydrogens is 308 g/mol. The first kappa shape index (κ1) is 22.5. The van der Waals surface area contributed by atoms with Crippen molar-refractivity contribution in [2.75, 3.05) is 0 Å². The molecule has 0 heterocycles. The summed E-state index contributed by atoms with van der Waals surface area (Å²) in [5, 5.41) is 20.1. The number of rotatable bonds is 7. The van der Waals surface area contributed by atoms with E-state index in [1.165, 1.54) is 6.42 Å². The Hall–Kier alpha value is -1.49. The van der Waals surface area contributed by atoms with E-state index < -0.39 is 40.7 Å². The predicted molar refractivity (Wildman–Crippen MR) is 93.7 cm³/mol. The lowest BCUT2D eigenvalue weighted by atomic mass is 9.91. The average Bonchev–Trinajstić information content (AvgIpc) is 2.75. The highest BCUT2D eigenvalue weighted by atomic mass is 16.3. The molecule has 138 valence electrons. The molecule has 1 unspecified atom stereocenters. The monoisotopic (exact) mass is 340 g/mol. The molecular formula is C19H32O5. The maximum absolute atomic E-state index is 12.0. The molecule has 1 rings (SSSR count). The molecule has 0 amide bonds. The fourth-order valence-electron chi connectivity index (χ4n) is 2.06. The summed E-state index contributed by atoms with van der Waals surface area (Å²) in [5.74, 6) is -1.42. The number of aliphatic hydroxyl groups excluding tert-OH is 1. The van der Waals surface area contributed by atoms with Crippen LogP contribution < -0.4 is 0 Å². The van der Waals surface area contributed by atoms with Crippen LogP contribution in [-0.4, -0.2) is 33.2 Å². The Morgan fingerprint density at radius 1 is 1.12 bits per heavy atom. The van der Waals surface area contributed by atoms with Crippen LogP contribution in [0, 0.1) is 11.8 Å². The third-order valence-corrected chi connectivity index (χ3v) is 4.15. The van der Waals surface area contributed by atoms with E-state index in [-0.39, 0.29) is 18.8 Å². The SMILES string of the molecule is CCC(=O)C1=C(O)C(O)(C(=O)CCC(C)C)CC1=O.CCC(C)C. The standard InChI is InChI=1S/C14H20O5.C5H12/c1-4-9(15)12-10(16)7-14(19,13(12)18)11(17)6-5-8(2)3;1-4-5(2)3/h8,18-19H,4-7H2,1-3H3;5H,4H2,1-3H3. The van der Waals surface area contributed by atoms with Gasteiger partial charge in [-0.2, -0.15) is 0 Å². The van der Waals surface area contributed by atoms with Crippen LogP contribution in [0.5, 0.6) is 0 Å². The van der Waals surface area contributed by atoms with Gasteiger partial charge in [0.25, 0.3) is 0 Å². The fraction of sp³-hybridized carbons (Fsp3) is 0.737. The zero-order valence-corrected chi connectivity index (χ0v) is 15.8. The molecule has 1 aliphatic rings. The number of aliphatic hydroxyl groups is 2. The lowest BCUT2D eigenvalue weighted by Gasteiger charge is -2.20. The molecule has 5 heteroatoms. The summed E-state index contributed by atoms with van der Waals surface area (Å²) in [6.45, 7) is 12.1. The molecule has 5 nitrogen and oxygen atoms in total. The number of allylic oxidation sites excluding steroid dienone is 1. The minimum atomic E-state index is -2.20. The quantitative estimate of drug-likeness (QED) is 0.692. The van der Waals surface area contributed by atoms with E-state index in [1.807, 2.05) is 13.8 Å². The van der Waals surface area contributed by atoms with Gasteiger partial charge < -0.3 is 10.2 Å². The Morgan fingerprint density at radius 3 is 2.00 bits per heavy atom. The third kappa shape index (κ3) is 5.86. The first-order chi connectivity index (χ1) is 11.0. The van der Waals surface area contributed by atoms with Gasteiger partial charge in [0, 0.05) is 12.8 Å². The zero-order valence-electron chi connectivity index (χ0n) is 15.8. The molecule has 0 aromatic carbocycles. The Kier molecular flexibility index (Phi) is 9.12. The summed E-state index contributed by atoms with van der Waals surface area (Å²) in [6.07, 6.45) is 1.44. The summed E-state index contributed by atoms with van der Waals surface area (Å²) in [7, 11) is 0. The molecule has 1 atom stereocenters. The summed E-state index contributed by atoms with van der Waals surface area (Å²) < 4.78 is 0. The van der Waals surface area contributed by atoms with Crippen LogP contribution in [0.2, 0.25) is 0 Å². The summed E-state index contributed by atoms with van der Waals surface area (Å²) in [6, 6.07) is 0. The van der Waals surface area contributed by atoms with Crippen LogP contribution in [0.1, 0.15) is 73.6 Å². The number of hydrogen-bond acceptors (Lipinski definition) is 5. The van der Waals surface area contributed by atoms with Crippen LogP contribution in [0.3, 0.4) is 0 Å². The van der Waals surface area contributed by atoms with E-state index in [0.29, 0.717) is 6.42 Å². The van der Waals surface area contributed by atoms with Gasteiger partial charge in [-0.05, 0) is 18.3 Å². The van der Waals surface area contributed by atoms with Gasteiger partial charge in [0.1, 0.15) is 11.3 Å².